The second-order valence-electron chi connectivity index (χ2n) is 7.56. The number of anilines is 3. The normalized spacial score (nSPS) is 16.2. The SMILES string of the molecule is COc1ccc(N2CC(C(=O)Nc3ccc(N(C)C)cc3C(F)(F)F)CC2=O)cc1OC. The number of hydrogen-bond acceptors (Lipinski definition) is 5. The van der Waals surface area contributed by atoms with Crippen LogP contribution < -0.4 is 24.6 Å². The van der Waals surface area contributed by atoms with Crippen molar-refractivity contribution >= 4 is 28.9 Å². The van der Waals surface area contributed by atoms with E-state index in [0.717, 1.165) is 6.07 Å². The van der Waals surface area contributed by atoms with Gasteiger partial charge in [-0.05, 0) is 30.3 Å². The lowest BCUT2D eigenvalue weighted by atomic mass is 10.1. The number of benzene rings is 2. The first-order chi connectivity index (χ1) is 15.0. The maximum absolute atomic E-state index is 13.5. The van der Waals surface area contributed by atoms with Crippen molar-refractivity contribution in [3.05, 3.63) is 42.0 Å². The van der Waals surface area contributed by atoms with Crippen LogP contribution in [0.1, 0.15) is 12.0 Å². The molecule has 1 N–H and O–H groups in total. The van der Waals surface area contributed by atoms with Crippen LogP contribution in [0.15, 0.2) is 36.4 Å². The quantitative estimate of drug-likeness (QED) is 0.724. The number of rotatable bonds is 6. The third-order valence-corrected chi connectivity index (χ3v) is 5.26. The number of amides is 2. The van der Waals surface area contributed by atoms with Crippen LogP contribution in [0.3, 0.4) is 0 Å². The number of nitrogens with one attached hydrogen (secondary N) is 1. The van der Waals surface area contributed by atoms with E-state index in [4.69, 9.17) is 9.47 Å². The van der Waals surface area contributed by atoms with Gasteiger partial charge in [0.1, 0.15) is 0 Å². The summed E-state index contributed by atoms with van der Waals surface area (Å²) >= 11 is 0. The van der Waals surface area contributed by atoms with Gasteiger partial charge < -0.3 is 24.6 Å². The molecule has 0 aliphatic carbocycles. The molecule has 32 heavy (non-hydrogen) atoms. The number of alkyl halides is 3. The molecule has 172 valence electrons. The van der Waals surface area contributed by atoms with Gasteiger partial charge in [0, 0.05) is 44.5 Å². The second-order valence-corrected chi connectivity index (χ2v) is 7.56. The lowest BCUT2D eigenvalue weighted by Crippen LogP contribution is -2.28. The molecule has 0 saturated carbocycles. The Balaban J connectivity index is 1.80. The molecule has 1 atom stereocenters. The molecular weight excluding hydrogens is 427 g/mol. The zero-order valence-corrected chi connectivity index (χ0v) is 18.1. The number of halogens is 3. The molecule has 3 rings (SSSR count). The lowest BCUT2D eigenvalue weighted by Gasteiger charge is -2.20. The van der Waals surface area contributed by atoms with E-state index in [1.54, 1.807) is 32.3 Å². The third kappa shape index (κ3) is 4.74. The van der Waals surface area contributed by atoms with Gasteiger partial charge in [-0.3, -0.25) is 9.59 Å². The Morgan fingerprint density at radius 2 is 1.78 bits per heavy atom. The number of methoxy groups -OCH3 is 2. The van der Waals surface area contributed by atoms with E-state index in [2.05, 4.69) is 5.32 Å². The number of ether oxygens (including phenoxy) is 2. The van der Waals surface area contributed by atoms with Crippen LogP contribution in [-0.4, -0.2) is 46.7 Å². The fourth-order valence-electron chi connectivity index (χ4n) is 3.51. The molecule has 2 aromatic rings. The summed E-state index contributed by atoms with van der Waals surface area (Å²) in [5.74, 6) is -0.856. The summed E-state index contributed by atoms with van der Waals surface area (Å²) < 4.78 is 51.1. The fourth-order valence-corrected chi connectivity index (χ4v) is 3.51. The van der Waals surface area contributed by atoms with Gasteiger partial charge in [-0.25, -0.2) is 0 Å². The molecule has 1 heterocycles. The number of carbonyl (C=O) groups excluding carboxylic acids is 2. The Morgan fingerprint density at radius 3 is 2.38 bits per heavy atom. The molecule has 1 saturated heterocycles. The Morgan fingerprint density at radius 1 is 1.09 bits per heavy atom. The number of carbonyl (C=O) groups is 2. The zero-order chi connectivity index (χ0) is 23.6. The molecule has 2 amide bonds. The molecule has 7 nitrogen and oxygen atoms in total. The summed E-state index contributed by atoms with van der Waals surface area (Å²) in [5.41, 5.74) is -0.427. The predicted octanol–water partition coefficient (Wildman–Crippen LogP) is 3.78. The van der Waals surface area contributed by atoms with Gasteiger partial charge >= 0.3 is 6.18 Å². The summed E-state index contributed by atoms with van der Waals surface area (Å²) in [7, 11) is 6.20. The van der Waals surface area contributed by atoms with E-state index in [1.807, 2.05) is 0 Å². The first-order valence-corrected chi connectivity index (χ1v) is 9.77. The van der Waals surface area contributed by atoms with Crippen LogP contribution in [0.2, 0.25) is 0 Å². The van der Waals surface area contributed by atoms with Gasteiger partial charge in [0.25, 0.3) is 0 Å². The molecular formula is C22H24F3N3O4. The Hall–Kier alpha value is -3.43. The molecule has 1 unspecified atom stereocenters. The first-order valence-electron chi connectivity index (χ1n) is 9.77. The van der Waals surface area contributed by atoms with Crippen molar-refractivity contribution in [1.82, 2.24) is 0 Å². The van der Waals surface area contributed by atoms with Gasteiger partial charge in [-0.15, -0.1) is 0 Å². The molecule has 1 fully saturated rings. The van der Waals surface area contributed by atoms with E-state index in [1.165, 1.54) is 36.2 Å². The largest absolute Gasteiger partial charge is 0.493 e. The van der Waals surface area contributed by atoms with Crippen molar-refractivity contribution < 1.29 is 32.2 Å². The van der Waals surface area contributed by atoms with E-state index in [0.29, 0.717) is 22.9 Å². The number of hydrogen-bond donors (Lipinski definition) is 1. The monoisotopic (exact) mass is 451 g/mol. The summed E-state index contributed by atoms with van der Waals surface area (Å²) in [4.78, 5) is 28.2. The summed E-state index contributed by atoms with van der Waals surface area (Å²) in [6.07, 6.45) is -4.76. The van der Waals surface area contributed by atoms with Gasteiger partial charge in [0.15, 0.2) is 11.5 Å². The third-order valence-electron chi connectivity index (χ3n) is 5.26. The number of nitrogens with zero attached hydrogens (tertiary/aromatic N) is 2. The van der Waals surface area contributed by atoms with Crippen molar-refractivity contribution in [3.63, 3.8) is 0 Å². The lowest BCUT2D eigenvalue weighted by molar-refractivity contribution is -0.137. The highest BCUT2D eigenvalue weighted by Crippen LogP contribution is 2.38. The molecule has 0 aromatic heterocycles. The minimum absolute atomic E-state index is 0.0390. The topological polar surface area (TPSA) is 71.1 Å². The van der Waals surface area contributed by atoms with Crippen molar-refractivity contribution in [3.8, 4) is 11.5 Å². The summed E-state index contributed by atoms with van der Waals surface area (Å²) in [5, 5.41) is 2.36. The Labute approximate surface area is 183 Å². The standard InChI is InChI=1S/C22H24F3N3O4/c1-27(2)14-5-7-17(16(10-14)22(23,24)25)26-21(30)13-9-20(29)28(12-13)15-6-8-18(31-3)19(11-15)32-4/h5-8,10-11,13H,9,12H2,1-4H3,(H,26,30). The molecule has 1 aliphatic heterocycles. The van der Waals surface area contributed by atoms with E-state index in [9.17, 15) is 22.8 Å². The van der Waals surface area contributed by atoms with Gasteiger partial charge in [-0.1, -0.05) is 0 Å². The van der Waals surface area contributed by atoms with E-state index >= 15 is 0 Å². The maximum atomic E-state index is 13.5. The fraction of sp³-hybridized carbons (Fsp3) is 0.364. The molecule has 2 aromatic carbocycles. The van der Waals surface area contributed by atoms with Crippen LogP contribution in [0, 0.1) is 5.92 Å². The Kier molecular flexibility index (Phi) is 6.52. The van der Waals surface area contributed by atoms with Crippen LogP contribution in [0.5, 0.6) is 11.5 Å². The Bertz CT molecular complexity index is 1020. The highest BCUT2D eigenvalue weighted by atomic mass is 19.4. The maximum Gasteiger partial charge on any atom is 0.418 e. The van der Waals surface area contributed by atoms with Crippen LogP contribution >= 0.6 is 0 Å². The molecule has 10 heteroatoms. The van der Waals surface area contributed by atoms with Gasteiger partial charge in [0.05, 0.1) is 31.4 Å². The van der Waals surface area contributed by atoms with Crippen molar-refractivity contribution in [1.29, 1.82) is 0 Å². The second kappa shape index (κ2) is 8.97. The van der Waals surface area contributed by atoms with Crippen LogP contribution in [0.25, 0.3) is 0 Å². The van der Waals surface area contributed by atoms with E-state index in [-0.39, 0.29) is 24.6 Å². The van der Waals surface area contributed by atoms with E-state index < -0.39 is 23.6 Å². The van der Waals surface area contributed by atoms with Crippen LogP contribution in [-0.2, 0) is 15.8 Å². The molecule has 0 bridgehead atoms. The average molecular weight is 451 g/mol. The average Bonchev–Trinajstić information content (AvgIpc) is 3.14. The summed E-state index contributed by atoms with van der Waals surface area (Å²) in [6.45, 7) is 0.0390. The molecule has 0 spiro atoms. The predicted molar refractivity (Wildman–Crippen MR) is 114 cm³/mol. The summed E-state index contributed by atoms with van der Waals surface area (Å²) in [6, 6.07) is 8.58. The highest BCUT2D eigenvalue weighted by Gasteiger charge is 2.38. The first kappa shape index (κ1) is 23.2. The van der Waals surface area contributed by atoms with Crippen molar-refractivity contribution in [2.24, 2.45) is 5.92 Å². The zero-order valence-electron chi connectivity index (χ0n) is 18.1. The highest BCUT2D eigenvalue weighted by molar-refractivity contribution is 6.04. The molecule has 0 radical (unpaired) electrons. The van der Waals surface area contributed by atoms with Crippen LogP contribution in [0.4, 0.5) is 30.2 Å². The van der Waals surface area contributed by atoms with Gasteiger partial charge in [0.2, 0.25) is 11.8 Å². The smallest absolute Gasteiger partial charge is 0.418 e. The van der Waals surface area contributed by atoms with Crippen molar-refractivity contribution in [2.45, 2.75) is 12.6 Å². The van der Waals surface area contributed by atoms with Crippen molar-refractivity contribution in [2.75, 3.05) is 50.0 Å². The molecule has 1 aliphatic rings. The minimum atomic E-state index is -4.65. The minimum Gasteiger partial charge on any atom is -0.493 e. The van der Waals surface area contributed by atoms with Gasteiger partial charge in [-0.2, -0.15) is 13.2 Å².